The minimum atomic E-state index is 0.278. The van der Waals surface area contributed by atoms with E-state index in [0.29, 0.717) is 0 Å². The van der Waals surface area contributed by atoms with Gasteiger partial charge in [0.05, 0.1) is 0 Å². The van der Waals surface area contributed by atoms with Crippen molar-refractivity contribution < 1.29 is 0 Å². The van der Waals surface area contributed by atoms with Gasteiger partial charge in [0.15, 0.2) is 0 Å². The molecule has 0 bridgehead atoms. The number of fused-ring (bicyclic) bond motifs is 1. The standard InChI is InChI=1S/C22H19NSe/c1-16-10-6-7-13-18(16)21-22(24-17-11-4-3-5-12-17)19-14-8-9-15-20(19)23(21)2/h3-15H,1-2H3. The molecule has 0 N–H and O–H groups in total. The molecule has 0 saturated carbocycles. The molecule has 4 rings (SSSR count). The number of aromatic nitrogens is 1. The minimum absolute atomic E-state index is 0.278. The van der Waals surface area contributed by atoms with Crippen LogP contribution in [0.5, 0.6) is 0 Å². The van der Waals surface area contributed by atoms with Gasteiger partial charge in [0.2, 0.25) is 0 Å². The predicted molar refractivity (Wildman–Crippen MR) is 105 cm³/mol. The van der Waals surface area contributed by atoms with Crippen LogP contribution >= 0.6 is 0 Å². The topological polar surface area (TPSA) is 4.93 Å². The van der Waals surface area contributed by atoms with Crippen molar-refractivity contribution in [3.05, 3.63) is 84.4 Å². The molecule has 0 fully saturated rings. The Morgan fingerprint density at radius 2 is 1.42 bits per heavy atom. The first-order valence-electron chi connectivity index (χ1n) is 8.12. The van der Waals surface area contributed by atoms with Gasteiger partial charge in [-0.3, -0.25) is 0 Å². The number of hydrogen-bond donors (Lipinski definition) is 0. The van der Waals surface area contributed by atoms with Crippen molar-refractivity contribution in [2.75, 3.05) is 0 Å². The molecule has 2 heteroatoms. The number of hydrogen-bond acceptors (Lipinski definition) is 0. The molecule has 4 aromatic rings. The molecule has 24 heavy (non-hydrogen) atoms. The maximum atomic E-state index is 2.36. The van der Waals surface area contributed by atoms with Gasteiger partial charge >= 0.3 is 149 Å². The van der Waals surface area contributed by atoms with Crippen LogP contribution in [0, 0.1) is 6.92 Å². The molecule has 1 nitrogen and oxygen atoms in total. The van der Waals surface area contributed by atoms with E-state index in [1.165, 1.54) is 36.6 Å². The zero-order chi connectivity index (χ0) is 16.5. The molecule has 3 aromatic carbocycles. The molecular formula is C22H19NSe. The van der Waals surface area contributed by atoms with E-state index in [-0.39, 0.29) is 15.0 Å². The molecule has 0 aliphatic heterocycles. The zero-order valence-corrected chi connectivity index (χ0v) is 15.6. The summed E-state index contributed by atoms with van der Waals surface area (Å²) in [6, 6.07) is 28.3. The first-order valence-corrected chi connectivity index (χ1v) is 9.83. The van der Waals surface area contributed by atoms with Gasteiger partial charge in [0.25, 0.3) is 0 Å². The molecule has 1 heterocycles. The van der Waals surface area contributed by atoms with Gasteiger partial charge in [-0.15, -0.1) is 0 Å². The van der Waals surface area contributed by atoms with Gasteiger partial charge < -0.3 is 0 Å². The first-order chi connectivity index (χ1) is 11.8. The van der Waals surface area contributed by atoms with E-state index < -0.39 is 0 Å². The van der Waals surface area contributed by atoms with Crippen LogP contribution in [0.4, 0.5) is 0 Å². The van der Waals surface area contributed by atoms with Crippen LogP contribution < -0.4 is 8.92 Å². The second kappa shape index (κ2) is 6.31. The van der Waals surface area contributed by atoms with Crippen LogP contribution in [0.15, 0.2) is 78.9 Å². The number of para-hydroxylation sites is 1. The second-order valence-electron chi connectivity index (χ2n) is 5.98. The van der Waals surface area contributed by atoms with Crippen LogP contribution in [-0.2, 0) is 7.05 Å². The van der Waals surface area contributed by atoms with E-state index in [0.717, 1.165) is 0 Å². The Kier molecular flexibility index (Phi) is 4.01. The summed E-state index contributed by atoms with van der Waals surface area (Å²) in [6.45, 7) is 2.20. The second-order valence-corrected chi connectivity index (χ2v) is 8.26. The summed E-state index contributed by atoms with van der Waals surface area (Å²) in [7, 11) is 2.19. The third kappa shape index (κ3) is 2.58. The number of aryl methyl sites for hydroxylation is 2. The average Bonchev–Trinajstić information content (AvgIpc) is 2.89. The summed E-state index contributed by atoms with van der Waals surface area (Å²) < 4.78 is 5.25. The Balaban J connectivity index is 2.00. The van der Waals surface area contributed by atoms with E-state index in [4.69, 9.17) is 0 Å². The summed E-state index contributed by atoms with van der Waals surface area (Å²) in [5, 5.41) is 1.38. The Labute approximate surface area is 149 Å². The van der Waals surface area contributed by atoms with Crippen molar-refractivity contribution in [2.45, 2.75) is 6.92 Å². The summed E-state index contributed by atoms with van der Waals surface area (Å²) in [6.07, 6.45) is 0. The predicted octanol–water partition coefficient (Wildman–Crippen LogP) is 3.81. The maximum absolute atomic E-state index is 2.36. The molecule has 0 saturated heterocycles. The summed E-state index contributed by atoms with van der Waals surface area (Å²) >= 11 is 0.278. The quantitative estimate of drug-likeness (QED) is 0.479. The molecule has 1 aromatic heterocycles. The Hall–Kier alpha value is -2.28. The molecule has 0 unspecified atom stereocenters. The van der Waals surface area contributed by atoms with E-state index >= 15 is 0 Å². The SMILES string of the molecule is Cc1ccccc1-c1c([Se]c2ccccc2)c2ccccc2n1C. The van der Waals surface area contributed by atoms with Crippen molar-refractivity contribution in [2.24, 2.45) is 7.05 Å². The number of rotatable bonds is 3. The van der Waals surface area contributed by atoms with Crippen molar-refractivity contribution in [3.8, 4) is 11.3 Å². The van der Waals surface area contributed by atoms with Crippen LogP contribution in [0.1, 0.15) is 5.56 Å². The number of nitrogens with zero attached hydrogens (tertiary/aromatic N) is 1. The van der Waals surface area contributed by atoms with Crippen molar-refractivity contribution >= 4 is 34.8 Å². The zero-order valence-electron chi connectivity index (χ0n) is 13.9. The fourth-order valence-corrected chi connectivity index (χ4v) is 5.63. The van der Waals surface area contributed by atoms with Crippen LogP contribution in [0.25, 0.3) is 22.2 Å². The van der Waals surface area contributed by atoms with Gasteiger partial charge in [-0.25, -0.2) is 0 Å². The van der Waals surface area contributed by atoms with E-state index in [9.17, 15) is 0 Å². The molecule has 0 aliphatic carbocycles. The van der Waals surface area contributed by atoms with E-state index in [1.54, 1.807) is 0 Å². The third-order valence-electron chi connectivity index (χ3n) is 4.42. The van der Waals surface area contributed by atoms with Gasteiger partial charge in [-0.1, -0.05) is 0 Å². The molecule has 0 amide bonds. The van der Waals surface area contributed by atoms with Gasteiger partial charge in [0, 0.05) is 0 Å². The monoisotopic (exact) mass is 377 g/mol. The molecule has 0 aliphatic rings. The van der Waals surface area contributed by atoms with Crippen LogP contribution in [-0.4, -0.2) is 19.5 Å². The molecular weight excluding hydrogens is 357 g/mol. The van der Waals surface area contributed by atoms with E-state index in [1.807, 2.05) is 0 Å². The number of benzene rings is 3. The van der Waals surface area contributed by atoms with E-state index in [2.05, 4.69) is 97.4 Å². The average molecular weight is 376 g/mol. The van der Waals surface area contributed by atoms with Crippen LogP contribution in [0.2, 0.25) is 0 Å². The van der Waals surface area contributed by atoms with Crippen molar-refractivity contribution in [1.82, 2.24) is 4.57 Å². The van der Waals surface area contributed by atoms with Gasteiger partial charge in [-0.05, 0) is 0 Å². The Bertz CT molecular complexity index is 999. The summed E-state index contributed by atoms with van der Waals surface area (Å²) in [5.41, 5.74) is 5.33. The van der Waals surface area contributed by atoms with Gasteiger partial charge in [0.1, 0.15) is 0 Å². The first kappa shape index (κ1) is 15.3. The summed E-state index contributed by atoms with van der Waals surface area (Å²) in [4.78, 5) is 0. The molecule has 0 radical (unpaired) electrons. The van der Waals surface area contributed by atoms with Gasteiger partial charge in [-0.2, -0.15) is 0 Å². The fourth-order valence-electron chi connectivity index (χ4n) is 3.21. The van der Waals surface area contributed by atoms with Crippen LogP contribution in [0.3, 0.4) is 0 Å². The molecule has 0 spiro atoms. The Morgan fingerprint density at radius 1 is 0.750 bits per heavy atom. The molecule has 118 valence electrons. The normalized spacial score (nSPS) is 11.1. The summed E-state index contributed by atoms with van der Waals surface area (Å²) in [5.74, 6) is 0. The molecule has 0 atom stereocenters. The van der Waals surface area contributed by atoms with Crippen molar-refractivity contribution in [1.29, 1.82) is 0 Å². The third-order valence-corrected chi connectivity index (χ3v) is 6.78. The Morgan fingerprint density at radius 3 is 2.21 bits per heavy atom. The van der Waals surface area contributed by atoms with Crippen molar-refractivity contribution in [3.63, 3.8) is 0 Å². The fraction of sp³-hybridized carbons (Fsp3) is 0.0909.